The van der Waals surface area contributed by atoms with Crippen molar-refractivity contribution < 1.29 is 13.6 Å². The normalized spacial score (nSPS) is 11.4. The monoisotopic (exact) mass is 414 g/mol. The summed E-state index contributed by atoms with van der Waals surface area (Å²) in [6.45, 7) is 2.18. The number of aromatic amines is 1. The maximum Gasteiger partial charge on any atom is 0.219 e. The second-order valence-corrected chi connectivity index (χ2v) is 6.64. The van der Waals surface area contributed by atoms with Crippen LogP contribution in [0, 0.1) is 11.7 Å². The summed E-state index contributed by atoms with van der Waals surface area (Å²) in [7, 11) is 0. The summed E-state index contributed by atoms with van der Waals surface area (Å²) < 4.78 is 18.7. The zero-order chi connectivity index (χ0) is 19.5. The van der Waals surface area contributed by atoms with Crippen LogP contribution in [0.25, 0.3) is 11.6 Å². The Labute approximate surface area is 170 Å². The van der Waals surface area contributed by atoms with Crippen LogP contribution in [-0.4, -0.2) is 21.1 Å². The molecule has 4 aromatic rings. The van der Waals surface area contributed by atoms with Crippen molar-refractivity contribution in [2.45, 2.75) is 13.5 Å². The van der Waals surface area contributed by atoms with Gasteiger partial charge in [0.15, 0.2) is 5.76 Å². The number of hydrogen-bond acceptors (Lipinski definition) is 6. The van der Waals surface area contributed by atoms with Crippen molar-refractivity contribution in [3.8, 4) is 17.3 Å². The molecular weight excluding hydrogens is 400 g/mol. The second-order valence-electron chi connectivity index (χ2n) is 5.84. The number of nitrogens with one attached hydrogen (secondary N) is 1. The van der Waals surface area contributed by atoms with Crippen LogP contribution in [0.4, 0.5) is 0 Å². The minimum absolute atomic E-state index is 0.276. The highest BCUT2D eigenvalue weighted by atomic mass is 35.5. The van der Waals surface area contributed by atoms with Crippen molar-refractivity contribution in [3.63, 3.8) is 0 Å². The first-order valence-electron chi connectivity index (χ1n) is 8.34. The van der Waals surface area contributed by atoms with Crippen LogP contribution in [0.2, 0.25) is 5.02 Å². The molecule has 0 saturated heterocycles. The van der Waals surface area contributed by atoms with Gasteiger partial charge in [0, 0.05) is 10.6 Å². The van der Waals surface area contributed by atoms with E-state index < -0.39 is 0 Å². The van der Waals surface area contributed by atoms with Gasteiger partial charge in [-0.3, -0.25) is 0 Å². The maximum atomic E-state index is 6.11. The molecule has 0 atom stereocenters. The molecule has 0 aliphatic heterocycles. The number of furan rings is 2. The lowest BCUT2D eigenvalue weighted by Crippen LogP contribution is -1.96. The van der Waals surface area contributed by atoms with Crippen LogP contribution in [0.3, 0.4) is 0 Å². The van der Waals surface area contributed by atoms with Crippen molar-refractivity contribution >= 4 is 30.0 Å². The van der Waals surface area contributed by atoms with Crippen LogP contribution in [0.15, 0.2) is 62.7 Å². The Bertz CT molecular complexity index is 1170. The van der Waals surface area contributed by atoms with E-state index in [-0.39, 0.29) is 6.61 Å². The van der Waals surface area contributed by atoms with Crippen LogP contribution >= 0.6 is 23.8 Å². The molecule has 142 valence electrons. The molecule has 0 aliphatic rings. The van der Waals surface area contributed by atoms with Gasteiger partial charge in [0.25, 0.3) is 0 Å². The predicted molar refractivity (Wildman–Crippen MR) is 107 cm³/mol. The fraction of sp³-hybridized carbons (Fsp3) is 0.105. The molecule has 0 saturated carbocycles. The Hall–Kier alpha value is -3.10. The van der Waals surface area contributed by atoms with Crippen LogP contribution in [-0.2, 0) is 6.61 Å². The minimum atomic E-state index is 0.276. The van der Waals surface area contributed by atoms with E-state index in [1.807, 2.05) is 31.2 Å². The second kappa shape index (κ2) is 7.87. The predicted octanol–water partition coefficient (Wildman–Crippen LogP) is 5.22. The summed E-state index contributed by atoms with van der Waals surface area (Å²) in [6, 6.07) is 12.7. The number of nitrogens with zero attached hydrogens (tertiary/aromatic N) is 3. The zero-order valence-electron chi connectivity index (χ0n) is 14.8. The first-order valence-corrected chi connectivity index (χ1v) is 9.13. The quantitative estimate of drug-likeness (QED) is 0.345. The molecule has 28 heavy (non-hydrogen) atoms. The van der Waals surface area contributed by atoms with Gasteiger partial charge >= 0.3 is 0 Å². The first-order chi connectivity index (χ1) is 13.6. The van der Waals surface area contributed by atoms with Gasteiger partial charge in [-0.1, -0.05) is 17.7 Å². The number of benzene rings is 1. The Balaban J connectivity index is 1.48. The van der Waals surface area contributed by atoms with Crippen LogP contribution in [0.5, 0.6) is 5.75 Å². The molecule has 4 rings (SSSR count). The van der Waals surface area contributed by atoms with Gasteiger partial charge in [-0.05, 0) is 55.5 Å². The zero-order valence-corrected chi connectivity index (χ0v) is 16.3. The third-order valence-electron chi connectivity index (χ3n) is 3.96. The fourth-order valence-electron chi connectivity index (χ4n) is 2.51. The Morgan fingerprint density at radius 2 is 2.18 bits per heavy atom. The Kier molecular flexibility index (Phi) is 5.14. The number of H-pyrrole nitrogens is 1. The fourth-order valence-corrected chi connectivity index (χ4v) is 2.86. The third-order valence-corrected chi connectivity index (χ3v) is 4.64. The molecule has 0 fully saturated rings. The van der Waals surface area contributed by atoms with Gasteiger partial charge in [-0.15, -0.1) is 5.10 Å². The van der Waals surface area contributed by atoms with Crippen molar-refractivity contribution in [2.75, 3.05) is 0 Å². The van der Waals surface area contributed by atoms with Gasteiger partial charge < -0.3 is 13.6 Å². The standard InChI is InChI=1S/C19H15ClN4O3S/c1-12-15(20)4-2-5-16(12)26-11-14-8-7-13(27-14)10-21-24-18(22-23-19(24)28)17-6-3-9-25-17/h2-10H,11H2,1H3,(H,23,28)/b21-10+. The molecule has 9 heteroatoms. The summed E-state index contributed by atoms with van der Waals surface area (Å²) in [5.74, 6) is 2.94. The molecule has 0 aliphatic carbocycles. The molecule has 0 unspecified atom stereocenters. The van der Waals surface area contributed by atoms with Crippen molar-refractivity contribution in [3.05, 3.63) is 75.6 Å². The van der Waals surface area contributed by atoms with Gasteiger partial charge in [-0.25, -0.2) is 5.10 Å². The summed E-state index contributed by atoms with van der Waals surface area (Å²) in [5, 5.41) is 11.8. The van der Waals surface area contributed by atoms with E-state index in [9.17, 15) is 0 Å². The van der Waals surface area contributed by atoms with Crippen molar-refractivity contribution in [1.82, 2.24) is 14.9 Å². The van der Waals surface area contributed by atoms with Crippen LogP contribution in [0.1, 0.15) is 17.1 Å². The van der Waals surface area contributed by atoms with E-state index in [2.05, 4.69) is 15.3 Å². The van der Waals surface area contributed by atoms with E-state index in [4.69, 9.17) is 37.4 Å². The number of hydrogen-bond donors (Lipinski definition) is 1. The average molecular weight is 415 g/mol. The maximum absolute atomic E-state index is 6.11. The highest BCUT2D eigenvalue weighted by molar-refractivity contribution is 7.71. The number of rotatable bonds is 6. The van der Waals surface area contributed by atoms with Gasteiger partial charge in [-0.2, -0.15) is 9.78 Å². The lowest BCUT2D eigenvalue weighted by molar-refractivity contribution is 0.268. The Morgan fingerprint density at radius 3 is 3.00 bits per heavy atom. The van der Waals surface area contributed by atoms with Crippen molar-refractivity contribution in [1.29, 1.82) is 0 Å². The lowest BCUT2D eigenvalue weighted by Gasteiger charge is -2.08. The molecular formula is C19H15ClN4O3S. The van der Waals surface area contributed by atoms with Gasteiger partial charge in [0.05, 0.1) is 12.5 Å². The van der Waals surface area contributed by atoms with Crippen molar-refractivity contribution in [2.24, 2.45) is 5.10 Å². The number of halogens is 1. The summed E-state index contributed by atoms with van der Waals surface area (Å²) in [6.07, 6.45) is 3.10. The molecule has 0 spiro atoms. The van der Waals surface area contributed by atoms with E-state index in [1.165, 1.54) is 4.68 Å². The molecule has 7 nitrogen and oxygen atoms in total. The molecule has 1 N–H and O–H groups in total. The van der Waals surface area contributed by atoms with E-state index in [1.54, 1.807) is 30.7 Å². The molecule has 3 heterocycles. The lowest BCUT2D eigenvalue weighted by atomic mass is 10.2. The molecule has 1 aromatic carbocycles. The summed E-state index contributed by atoms with van der Waals surface area (Å²) in [5.41, 5.74) is 0.886. The van der Waals surface area contributed by atoms with E-state index in [0.717, 1.165) is 5.56 Å². The number of aromatic nitrogens is 3. The third kappa shape index (κ3) is 3.78. The highest BCUT2D eigenvalue weighted by Gasteiger charge is 2.11. The highest BCUT2D eigenvalue weighted by Crippen LogP contribution is 2.26. The SMILES string of the molecule is Cc1c(Cl)cccc1OCc1ccc(/C=N/n2c(-c3ccco3)n[nH]c2=S)o1. The van der Waals surface area contributed by atoms with E-state index in [0.29, 0.717) is 38.6 Å². The Morgan fingerprint density at radius 1 is 1.29 bits per heavy atom. The molecule has 0 bridgehead atoms. The molecule has 0 radical (unpaired) electrons. The van der Waals surface area contributed by atoms with E-state index >= 15 is 0 Å². The smallest absolute Gasteiger partial charge is 0.219 e. The average Bonchev–Trinajstić information content (AvgIpc) is 3.42. The minimum Gasteiger partial charge on any atom is -0.485 e. The molecule has 3 aromatic heterocycles. The van der Waals surface area contributed by atoms with Crippen LogP contribution < -0.4 is 4.74 Å². The molecule has 0 amide bonds. The topological polar surface area (TPSA) is 81.5 Å². The largest absolute Gasteiger partial charge is 0.485 e. The summed E-state index contributed by atoms with van der Waals surface area (Å²) >= 11 is 11.3. The first kappa shape index (κ1) is 18.3. The van der Waals surface area contributed by atoms with Gasteiger partial charge in [0.2, 0.25) is 10.6 Å². The van der Waals surface area contributed by atoms with Gasteiger partial charge in [0.1, 0.15) is 23.9 Å². The summed E-state index contributed by atoms with van der Waals surface area (Å²) in [4.78, 5) is 0. The number of ether oxygens (including phenoxy) is 1.